The molecular formula is C10H19N3O. The summed E-state index contributed by atoms with van der Waals surface area (Å²) >= 11 is 0. The Morgan fingerprint density at radius 1 is 1.57 bits per heavy atom. The molecule has 0 radical (unpaired) electrons. The standard InChI is InChI=1S/C10H19N3O/c1-10(2,14-3)4-6-13-7-5-12-9(13)8-11/h5,7H,4,6,8,11H2,1-3H3. The summed E-state index contributed by atoms with van der Waals surface area (Å²) in [5.41, 5.74) is 5.47. The van der Waals surface area contributed by atoms with Crippen molar-refractivity contribution in [1.82, 2.24) is 9.55 Å². The van der Waals surface area contributed by atoms with E-state index in [-0.39, 0.29) is 5.60 Å². The molecule has 0 aromatic carbocycles. The van der Waals surface area contributed by atoms with Crippen LogP contribution in [-0.4, -0.2) is 22.3 Å². The summed E-state index contributed by atoms with van der Waals surface area (Å²) in [6.07, 6.45) is 4.68. The molecule has 4 nitrogen and oxygen atoms in total. The molecule has 0 aliphatic rings. The number of hydrogen-bond acceptors (Lipinski definition) is 3. The molecule has 4 heteroatoms. The minimum atomic E-state index is -0.0872. The molecule has 0 unspecified atom stereocenters. The minimum absolute atomic E-state index is 0.0872. The van der Waals surface area contributed by atoms with Gasteiger partial charge in [0.15, 0.2) is 0 Å². The topological polar surface area (TPSA) is 53.1 Å². The van der Waals surface area contributed by atoms with Crippen molar-refractivity contribution in [3.8, 4) is 0 Å². The van der Waals surface area contributed by atoms with Crippen LogP contribution in [0.5, 0.6) is 0 Å². The number of aryl methyl sites for hydroxylation is 1. The van der Waals surface area contributed by atoms with Gasteiger partial charge in [-0.3, -0.25) is 0 Å². The van der Waals surface area contributed by atoms with Crippen molar-refractivity contribution in [3.05, 3.63) is 18.2 Å². The average Bonchev–Trinajstić information content (AvgIpc) is 2.62. The summed E-state index contributed by atoms with van der Waals surface area (Å²) in [6.45, 7) is 5.53. The molecule has 0 atom stereocenters. The normalized spacial score (nSPS) is 12.0. The molecule has 0 fully saturated rings. The molecule has 0 bridgehead atoms. The fraction of sp³-hybridized carbons (Fsp3) is 0.700. The first kappa shape index (κ1) is 11.2. The summed E-state index contributed by atoms with van der Waals surface area (Å²) in [6, 6.07) is 0. The Labute approximate surface area is 85.1 Å². The predicted octanol–water partition coefficient (Wildman–Crippen LogP) is 1.16. The highest BCUT2D eigenvalue weighted by Gasteiger charge is 2.16. The highest BCUT2D eigenvalue weighted by Crippen LogP contribution is 2.14. The van der Waals surface area contributed by atoms with Crippen LogP contribution in [0, 0.1) is 0 Å². The van der Waals surface area contributed by atoms with E-state index in [1.165, 1.54) is 0 Å². The van der Waals surface area contributed by atoms with Gasteiger partial charge >= 0.3 is 0 Å². The van der Waals surface area contributed by atoms with Crippen LogP contribution in [-0.2, 0) is 17.8 Å². The summed E-state index contributed by atoms with van der Waals surface area (Å²) in [7, 11) is 1.73. The zero-order chi connectivity index (χ0) is 10.6. The van der Waals surface area contributed by atoms with E-state index in [1.807, 2.05) is 6.20 Å². The fourth-order valence-corrected chi connectivity index (χ4v) is 1.23. The van der Waals surface area contributed by atoms with Crippen molar-refractivity contribution in [3.63, 3.8) is 0 Å². The van der Waals surface area contributed by atoms with Crippen LogP contribution >= 0.6 is 0 Å². The lowest BCUT2D eigenvalue weighted by Gasteiger charge is -2.23. The predicted molar refractivity (Wildman–Crippen MR) is 55.8 cm³/mol. The van der Waals surface area contributed by atoms with E-state index in [9.17, 15) is 0 Å². The average molecular weight is 197 g/mol. The summed E-state index contributed by atoms with van der Waals surface area (Å²) < 4.78 is 7.41. The largest absolute Gasteiger partial charge is 0.379 e. The molecule has 1 rings (SSSR count). The zero-order valence-corrected chi connectivity index (χ0v) is 9.16. The van der Waals surface area contributed by atoms with E-state index in [4.69, 9.17) is 10.5 Å². The Bertz CT molecular complexity index is 281. The molecule has 2 N–H and O–H groups in total. The molecule has 0 aliphatic heterocycles. The maximum Gasteiger partial charge on any atom is 0.122 e. The second-order valence-corrected chi connectivity index (χ2v) is 3.95. The van der Waals surface area contributed by atoms with Crippen molar-refractivity contribution >= 4 is 0 Å². The van der Waals surface area contributed by atoms with Crippen LogP contribution in [0.4, 0.5) is 0 Å². The monoisotopic (exact) mass is 197 g/mol. The lowest BCUT2D eigenvalue weighted by atomic mass is 10.1. The molecule has 1 aromatic rings. The third-order valence-corrected chi connectivity index (χ3v) is 2.49. The van der Waals surface area contributed by atoms with Gasteiger partial charge in [-0.2, -0.15) is 0 Å². The van der Waals surface area contributed by atoms with E-state index in [1.54, 1.807) is 13.3 Å². The first-order valence-electron chi connectivity index (χ1n) is 4.84. The smallest absolute Gasteiger partial charge is 0.122 e. The molecule has 14 heavy (non-hydrogen) atoms. The number of hydrogen-bond donors (Lipinski definition) is 1. The van der Waals surface area contributed by atoms with Crippen LogP contribution in [0.15, 0.2) is 12.4 Å². The van der Waals surface area contributed by atoms with Gasteiger partial charge in [0.1, 0.15) is 5.82 Å². The first-order valence-corrected chi connectivity index (χ1v) is 4.84. The molecule has 1 heterocycles. The molecule has 80 valence electrons. The van der Waals surface area contributed by atoms with E-state index in [0.717, 1.165) is 18.8 Å². The Kier molecular flexibility index (Phi) is 3.66. The van der Waals surface area contributed by atoms with Gasteiger partial charge in [-0.1, -0.05) is 0 Å². The minimum Gasteiger partial charge on any atom is -0.379 e. The van der Waals surface area contributed by atoms with Crippen molar-refractivity contribution in [2.45, 2.75) is 39.0 Å². The third kappa shape index (κ3) is 2.82. The Morgan fingerprint density at radius 2 is 2.29 bits per heavy atom. The van der Waals surface area contributed by atoms with E-state index >= 15 is 0 Å². The molecular weight excluding hydrogens is 178 g/mol. The zero-order valence-electron chi connectivity index (χ0n) is 9.16. The van der Waals surface area contributed by atoms with E-state index < -0.39 is 0 Å². The van der Waals surface area contributed by atoms with Crippen molar-refractivity contribution in [1.29, 1.82) is 0 Å². The van der Waals surface area contributed by atoms with Crippen molar-refractivity contribution < 1.29 is 4.74 Å². The fourth-order valence-electron chi connectivity index (χ4n) is 1.23. The quantitative estimate of drug-likeness (QED) is 0.770. The van der Waals surface area contributed by atoms with Crippen molar-refractivity contribution in [2.75, 3.05) is 7.11 Å². The second-order valence-electron chi connectivity index (χ2n) is 3.95. The van der Waals surface area contributed by atoms with Gasteiger partial charge in [0.25, 0.3) is 0 Å². The van der Waals surface area contributed by atoms with Gasteiger partial charge < -0.3 is 15.0 Å². The molecule has 0 aliphatic carbocycles. The van der Waals surface area contributed by atoms with Crippen LogP contribution in [0.1, 0.15) is 26.1 Å². The number of imidazole rings is 1. The Hall–Kier alpha value is -0.870. The van der Waals surface area contributed by atoms with Gasteiger partial charge in [-0.15, -0.1) is 0 Å². The van der Waals surface area contributed by atoms with Gasteiger partial charge in [0.2, 0.25) is 0 Å². The second kappa shape index (κ2) is 4.57. The number of rotatable bonds is 5. The van der Waals surface area contributed by atoms with Gasteiger partial charge in [0.05, 0.1) is 12.1 Å². The molecule has 0 saturated carbocycles. The lowest BCUT2D eigenvalue weighted by Crippen LogP contribution is -2.25. The van der Waals surface area contributed by atoms with Crippen LogP contribution < -0.4 is 5.73 Å². The highest BCUT2D eigenvalue weighted by molar-refractivity contribution is 4.91. The maximum absolute atomic E-state index is 5.55. The number of ether oxygens (including phenoxy) is 1. The van der Waals surface area contributed by atoms with Crippen molar-refractivity contribution in [2.24, 2.45) is 5.73 Å². The molecule has 0 spiro atoms. The van der Waals surface area contributed by atoms with E-state index in [2.05, 4.69) is 23.4 Å². The molecule has 0 amide bonds. The van der Waals surface area contributed by atoms with Crippen LogP contribution in [0.2, 0.25) is 0 Å². The van der Waals surface area contributed by atoms with Crippen LogP contribution in [0.25, 0.3) is 0 Å². The number of nitrogens with two attached hydrogens (primary N) is 1. The highest BCUT2D eigenvalue weighted by atomic mass is 16.5. The maximum atomic E-state index is 5.55. The summed E-state index contributed by atoms with van der Waals surface area (Å²) in [5.74, 6) is 0.928. The SMILES string of the molecule is COC(C)(C)CCn1ccnc1CN. The van der Waals surface area contributed by atoms with Gasteiger partial charge in [0, 0.05) is 26.0 Å². The molecule has 1 aromatic heterocycles. The van der Waals surface area contributed by atoms with Crippen LogP contribution in [0.3, 0.4) is 0 Å². The number of aromatic nitrogens is 2. The number of nitrogens with zero attached hydrogens (tertiary/aromatic N) is 2. The Balaban J connectivity index is 2.53. The summed E-state index contributed by atoms with van der Waals surface area (Å²) in [5, 5.41) is 0. The lowest BCUT2D eigenvalue weighted by molar-refractivity contribution is 0.0119. The van der Waals surface area contributed by atoms with E-state index in [0.29, 0.717) is 6.54 Å². The number of methoxy groups -OCH3 is 1. The van der Waals surface area contributed by atoms with Gasteiger partial charge in [-0.25, -0.2) is 4.98 Å². The third-order valence-electron chi connectivity index (χ3n) is 2.49. The Morgan fingerprint density at radius 3 is 2.86 bits per heavy atom. The van der Waals surface area contributed by atoms with Gasteiger partial charge in [-0.05, 0) is 20.3 Å². The molecule has 0 saturated heterocycles. The first-order chi connectivity index (χ1) is 6.59. The summed E-state index contributed by atoms with van der Waals surface area (Å²) in [4.78, 5) is 4.16.